The molecular weight excluding hydrogens is 358 g/mol. The van der Waals surface area contributed by atoms with Crippen LogP contribution in [0.4, 0.5) is 8.78 Å². The van der Waals surface area contributed by atoms with Gasteiger partial charge in [-0.3, -0.25) is 4.79 Å². The van der Waals surface area contributed by atoms with E-state index in [9.17, 15) is 13.6 Å². The number of halogens is 2. The SMILES string of the molecule is CC(C)CC(C)(Cc1cccc(F)c1)NC(=O)c1cc2ccccc2nc1F. The third kappa shape index (κ3) is 4.71. The summed E-state index contributed by atoms with van der Waals surface area (Å²) in [6.45, 7) is 6.00. The molecule has 0 aliphatic carbocycles. The molecule has 146 valence electrons. The zero-order chi connectivity index (χ0) is 20.3. The number of carbonyl (C=O) groups is 1. The lowest BCUT2D eigenvalue weighted by molar-refractivity contribution is 0.0889. The van der Waals surface area contributed by atoms with Crippen molar-refractivity contribution in [2.24, 2.45) is 5.92 Å². The molecule has 28 heavy (non-hydrogen) atoms. The molecule has 1 amide bonds. The fourth-order valence-corrected chi connectivity index (χ4v) is 3.76. The van der Waals surface area contributed by atoms with Crippen LogP contribution < -0.4 is 5.32 Å². The van der Waals surface area contributed by atoms with Crippen molar-refractivity contribution in [2.45, 2.75) is 39.2 Å². The quantitative estimate of drug-likeness (QED) is 0.589. The molecule has 2 aromatic carbocycles. The number of rotatable bonds is 6. The Balaban J connectivity index is 1.89. The Labute approximate surface area is 163 Å². The van der Waals surface area contributed by atoms with Crippen molar-refractivity contribution in [1.82, 2.24) is 10.3 Å². The zero-order valence-electron chi connectivity index (χ0n) is 16.3. The highest BCUT2D eigenvalue weighted by atomic mass is 19.1. The Morgan fingerprint density at radius 3 is 2.57 bits per heavy atom. The van der Waals surface area contributed by atoms with Crippen molar-refractivity contribution in [2.75, 3.05) is 0 Å². The number of nitrogens with zero attached hydrogens (tertiary/aromatic N) is 1. The van der Waals surface area contributed by atoms with Gasteiger partial charge in [-0.1, -0.05) is 44.2 Å². The lowest BCUT2D eigenvalue weighted by Crippen LogP contribution is -2.49. The molecule has 1 N–H and O–H groups in total. The first kappa shape index (κ1) is 19.9. The van der Waals surface area contributed by atoms with E-state index in [4.69, 9.17) is 0 Å². The van der Waals surface area contributed by atoms with Crippen molar-refractivity contribution in [3.05, 3.63) is 77.5 Å². The van der Waals surface area contributed by atoms with E-state index < -0.39 is 17.4 Å². The second-order valence-electron chi connectivity index (χ2n) is 7.94. The number of fused-ring (bicyclic) bond motifs is 1. The number of carbonyl (C=O) groups excluding carboxylic acids is 1. The molecule has 3 nitrogen and oxygen atoms in total. The van der Waals surface area contributed by atoms with E-state index in [0.717, 1.165) is 5.56 Å². The predicted molar refractivity (Wildman–Crippen MR) is 107 cm³/mol. The molecule has 0 saturated heterocycles. The maximum absolute atomic E-state index is 14.5. The summed E-state index contributed by atoms with van der Waals surface area (Å²) in [7, 11) is 0. The molecule has 0 radical (unpaired) electrons. The van der Waals surface area contributed by atoms with Crippen LogP contribution >= 0.6 is 0 Å². The van der Waals surface area contributed by atoms with Crippen LogP contribution in [-0.2, 0) is 6.42 Å². The summed E-state index contributed by atoms with van der Waals surface area (Å²) in [4.78, 5) is 16.8. The predicted octanol–water partition coefficient (Wildman–Crippen LogP) is 5.29. The van der Waals surface area contributed by atoms with Gasteiger partial charge in [0.25, 0.3) is 5.91 Å². The maximum Gasteiger partial charge on any atom is 0.256 e. The van der Waals surface area contributed by atoms with E-state index in [-0.39, 0.29) is 11.4 Å². The minimum absolute atomic E-state index is 0.0899. The number of hydrogen-bond donors (Lipinski definition) is 1. The van der Waals surface area contributed by atoms with Crippen molar-refractivity contribution in [3.8, 4) is 0 Å². The molecule has 0 aliphatic rings. The summed E-state index contributed by atoms with van der Waals surface area (Å²) in [5, 5.41) is 3.67. The molecule has 0 spiro atoms. The van der Waals surface area contributed by atoms with Crippen LogP contribution in [0.3, 0.4) is 0 Å². The first-order valence-electron chi connectivity index (χ1n) is 9.38. The van der Waals surface area contributed by atoms with Crippen LogP contribution in [0.5, 0.6) is 0 Å². The van der Waals surface area contributed by atoms with Crippen LogP contribution in [0, 0.1) is 17.7 Å². The van der Waals surface area contributed by atoms with E-state index in [1.165, 1.54) is 18.2 Å². The molecule has 0 aliphatic heterocycles. The number of pyridine rings is 1. The smallest absolute Gasteiger partial charge is 0.256 e. The topological polar surface area (TPSA) is 42.0 Å². The Morgan fingerprint density at radius 1 is 1.11 bits per heavy atom. The molecule has 0 fully saturated rings. The fourth-order valence-electron chi connectivity index (χ4n) is 3.76. The highest BCUT2D eigenvalue weighted by Gasteiger charge is 2.29. The van der Waals surface area contributed by atoms with Gasteiger partial charge in [0.15, 0.2) is 0 Å². The summed E-state index contributed by atoms with van der Waals surface area (Å²) in [5.41, 5.74) is 0.534. The van der Waals surface area contributed by atoms with Crippen molar-refractivity contribution < 1.29 is 13.6 Å². The van der Waals surface area contributed by atoms with Crippen LogP contribution in [0.2, 0.25) is 0 Å². The highest BCUT2D eigenvalue weighted by Crippen LogP contribution is 2.24. The van der Waals surface area contributed by atoms with Crippen molar-refractivity contribution >= 4 is 16.8 Å². The summed E-state index contributed by atoms with van der Waals surface area (Å²) in [6.07, 6.45) is 1.11. The van der Waals surface area contributed by atoms with E-state index in [0.29, 0.717) is 29.7 Å². The molecular formula is C23H24F2N2O. The average Bonchev–Trinajstić information content (AvgIpc) is 2.59. The van der Waals surface area contributed by atoms with E-state index in [2.05, 4.69) is 10.3 Å². The number of benzene rings is 2. The number of aromatic nitrogens is 1. The van der Waals surface area contributed by atoms with Gasteiger partial charge in [0, 0.05) is 10.9 Å². The number of para-hydroxylation sites is 1. The molecule has 0 bridgehead atoms. The highest BCUT2D eigenvalue weighted by molar-refractivity contribution is 5.97. The van der Waals surface area contributed by atoms with Gasteiger partial charge in [0.2, 0.25) is 5.95 Å². The Morgan fingerprint density at radius 2 is 1.86 bits per heavy atom. The average molecular weight is 382 g/mol. The van der Waals surface area contributed by atoms with Gasteiger partial charge >= 0.3 is 0 Å². The monoisotopic (exact) mass is 382 g/mol. The van der Waals surface area contributed by atoms with E-state index >= 15 is 0 Å². The second-order valence-corrected chi connectivity index (χ2v) is 7.94. The van der Waals surface area contributed by atoms with Gasteiger partial charge in [0.1, 0.15) is 5.82 Å². The Bertz CT molecular complexity index is 1000. The first-order chi connectivity index (χ1) is 13.3. The van der Waals surface area contributed by atoms with E-state index in [1.807, 2.05) is 32.9 Å². The second kappa shape index (κ2) is 8.05. The van der Waals surface area contributed by atoms with Crippen LogP contribution in [0.1, 0.15) is 43.1 Å². The van der Waals surface area contributed by atoms with Crippen LogP contribution in [0.15, 0.2) is 54.6 Å². The van der Waals surface area contributed by atoms with Gasteiger partial charge in [-0.15, -0.1) is 0 Å². The van der Waals surface area contributed by atoms with Crippen molar-refractivity contribution in [1.29, 1.82) is 0 Å². The minimum atomic E-state index is -0.797. The molecule has 1 aromatic heterocycles. The molecule has 0 saturated carbocycles. The Kier molecular flexibility index (Phi) is 5.73. The molecule has 1 heterocycles. The Hall–Kier alpha value is -2.82. The van der Waals surface area contributed by atoms with Crippen molar-refractivity contribution in [3.63, 3.8) is 0 Å². The van der Waals surface area contributed by atoms with Gasteiger partial charge in [-0.05, 0) is 55.5 Å². The largest absolute Gasteiger partial charge is 0.346 e. The normalized spacial score (nSPS) is 13.5. The zero-order valence-corrected chi connectivity index (χ0v) is 16.3. The van der Waals surface area contributed by atoms with E-state index in [1.54, 1.807) is 24.3 Å². The molecule has 3 rings (SSSR count). The summed E-state index contributed by atoms with van der Waals surface area (Å²) in [5.74, 6) is -1.34. The fraction of sp³-hybridized carbons (Fsp3) is 0.304. The van der Waals surface area contributed by atoms with Crippen LogP contribution in [-0.4, -0.2) is 16.4 Å². The molecule has 1 unspecified atom stereocenters. The summed E-state index contributed by atoms with van der Waals surface area (Å²) in [6, 6.07) is 14.9. The third-order valence-corrected chi connectivity index (χ3v) is 4.68. The maximum atomic E-state index is 14.5. The molecule has 1 atom stereocenters. The minimum Gasteiger partial charge on any atom is -0.346 e. The number of hydrogen-bond acceptors (Lipinski definition) is 2. The van der Waals surface area contributed by atoms with Gasteiger partial charge in [-0.2, -0.15) is 4.39 Å². The third-order valence-electron chi connectivity index (χ3n) is 4.68. The summed E-state index contributed by atoms with van der Waals surface area (Å²) >= 11 is 0. The first-order valence-corrected chi connectivity index (χ1v) is 9.38. The van der Waals surface area contributed by atoms with Crippen LogP contribution in [0.25, 0.3) is 10.9 Å². The number of nitrogens with one attached hydrogen (secondary N) is 1. The molecule has 3 aromatic rings. The summed E-state index contributed by atoms with van der Waals surface area (Å²) < 4.78 is 28.1. The lowest BCUT2D eigenvalue weighted by atomic mass is 9.84. The lowest BCUT2D eigenvalue weighted by Gasteiger charge is -2.33. The standard InChI is InChI=1S/C23H24F2N2O/c1-15(2)13-23(3,14-16-7-6-9-18(24)11-16)27-22(28)19-12-17-8-4-5-10-20(17)26-21(19)25/h4-12,15H,13-14H2,1-3H3,(H,27,28). The van der Waals surface area contributed by atoms with Gasteiger partial charge in [-0.25, -0.2) is 9.37 Å². The van der Waals surface area contributed by atoms with Gasteiger partial charge < -0.3 is 5.32 Å². The number of amides is 1. The van der Waals surface area contributed by atoms with Gasteiger partial charge in [0.05, 0.1) is 11.1 Å². The molecule has 5 heteroatoms.